The molecule has 0 aromatic heterocycles. The van der Waals surface area contributed by atoms with Gasteiger partial charge in [-0.25, -0.2) is 4.79 Å². The van der Waals surface area contributed by atoms with Crippen LogP contribution < -0.4 is 5.32 Å². The molecule has 4 nitrogen and oxygen atoms in total. The molecule has 0 bridgehead atoms. The van der Waals surface area contributed by atoms with Crippen molar-refractivity contribution in [3.8, 4) is 0 Å². The minimum atomic E-state index is -0.0244. The van der Waals surface area contributed by atoms with Crippen LogP contribution in [0.25, 0.3) is 0 Å². The summed E-state index contributed by atoms with van der Waals surface area (Å²) < 4.78 is 0. The molecule has 3 aromatic carbocycles. The van der Waals surface area contributed by atoms with Crippen LogP contribution in [0, 0.1) is 13.8 Å². The van der Waals surface area contributed by atoms with Gasteiger partial charge in [-0.15, -0.1) is 0 Å². The summed E-state index contributed by atoms with van der Waals surface area (Å²) in [5, 5.41) is 3.00. The Morgan fingerprint density at radius 3 is 2.10 bits per heavy atom. The highest BCUT2D eigenvalue weighted by atomic mass is 16.2. The number of amides is 2. The number of hydrogen-bond acceptors (Lipinski definition) is 2. The fourth-order valence-corrected chi connectivity index (χ4v) is 4.14. The van der Waals surface area contributed by atoms with Crippen LogP contribution in [-0.2, 0) is 0 Å². The molecule has 1 heterocycles. The third kappa shape index (κ3) is 4.55. The fraction of sp³-hybridized carbons (Fsp3) is 0.269. The summed E-state index contributed by atoms with van der Waals surface area (Å²) in [6, 6.07) is 27.3. The van der Waals surface area contributed by atoms with Gasteiger partial charge in [0.05, 0.1) is 6.04 Å². The molecule has 0 saturated carbocycles. The number of carbonyl (C=O) groups excluding carboxylic acids is 1. The number of benzene rings is 3. The predicted octanol–water partition coefficient (Wildman–Crippen LogP) is 5.24. The van der Waals surface area contributed by atoms with Gasteiger partial charge in [-0.1, -0.05) is 72.3 Å². The van der Waals surface area contributed by atoms with Crippen LogP contribution in [0.1, 0.15) is 28.3 Å². The summed E-state index contributed by atoms with van der Waals surface area (Å²) in [6.07, 6.45) is 0. The Labute approximate surface area is 179 Å². The van der Waals surface area contributed by atoms with Crippen molar-refractivity contribution in [1.82, 2.24) is 9.80 Å². The maximum atomic E-state index is 12.7. The van der Waals surface area contributed by atoms with Gasteiger partial charge in [0.25, 0.3) is 0 Å². The van der Waals surface area contributed by atoms with Crippen LogP contribution in [0.5, 0.6) is 0 Å². The van der Waals surface area contributed by atoms with Crippen molar-refractivity contribution < 1.29 is 4.79 Å². The van der Waals surface area contributed by atoms with E-state index < -0.39 is 0 Å². The molecule has 3 aromatic rings. The van der Waals surface area contributed by atoms with E-state index in [1.807, 2.05) is 35.2 Å². The molecule has 0 radical (unpaired) electrons. The average molecular weight is 400 g/mol. The Morgan fingerprint density at radius 2 is 1.43 bits per heavy atom. The summed E-state index contributed by atoms with van der Waals surface area (Å²) in [5.74, 6) is 0. The number of carbonyl (C=O) groups is 1. The molecule has 4 rings (SSSR count). The third-order valence-electron chi connectivity index (χ3n) is 5.87. The number of para-hydroxylation sites is 1. The summed E-state index contributed by atoms with van der Waals surface area (Å²) in [7, 11) is 0. The maximum absolute atomic E-state index is 12.7. The van der Waals surface area contributed by atoms with Gasteiger partial charge in [-0.3, -0.25) is 4.90 Å². The van der Waals surface area contributed by atoms with E-state index in [-0.39, 0.29) is 12.1 Å². The zero-order chi connectivity index (χ0) is 20.9. The van der Waals surface area contributed by atoms with Crippen molar-refractivity contribution in [2.45, 2.75) is 19.9 Å². The first-order chi connectivity index (χ1) is 14.6. The van der Waals surface area contributed by atoms with E-state index in [9.17, 15) is 4.79 Å². The van der Waals surface area contributed by atoms with Crippen LogP contribution in [-0.4, -0.2) is 42.0 Å². The number of rotatable bonds is 4. The Kier molecular flexibility index (Phi) is 6.15. The Balaban J connectivity index is 1.50. The highest BCUT2D eigenvalue weighted by molar-refractivity contribution is 5.89. The van der Waals surface area contributed by atoms with Gasteiger partial charge in [-0.05, 0) is 42.7 Å². The van der Waals surface area contributed by atoms with Crippen molar-refractivity contribution >= 4 is 11.7 Å². The predicted molar refractivity (Wildman–Crippen MR) is 123 cm³/mol. The monoisotopic (exact) mass is 399 g/mol. The smallest absolute Gasteiger partial charge is 0.321 e. The van der Waals surface area contributed by atoms with Gasteiger partial charge in [0.15, 0.2) is 0 Å². The number of piperazine rings is 1. The van der Waals surface area contributed by atoms with Gasteiger partial charge < -0.3 is 10.2 Å². The second-order valence-electron chi connectivity index (χ2n) is 7.99. The number of nitrogens with one attached hydrogen (secondary N) is 1. The van der Waals surface area contributed by atoms with Crippen LogP contribution in [0.4, 0.5) is 10.5 Å². The standard InChI is InChI=1S/C26H29N3O/c1-20-12-14-22(15-13-20)25(24-11-7-6-8-21(24)2)28-16-18-29(19-17-28)26(30)27-23-9-4-3-5-10-23/h3-15,25H,16-19H2,1-2H3,(H,27,30)/t25-/m0/s1. The van der Waals surface area contributed by atoms with E-state index in [2.05, 4.69) is 72.6 Å². The summed E-state index contributed by atoms with van der Waals surface area (Å²) >= 11 is 0. The maximum Gasteiger partial charge on any atom is 0.321 e. The lowest BCUT2D eigenvalue weighted by Crippen LogP contribution is -2.51. The molecule has 30 heavy (non-hydrogen) atoms. The average Bonchev–Trinajstić information content (AvgIpc) is 2.78. The summed E-state index contributed by atoms with van der Waals surface area (Å²) in [5.41, 5.74) is 6.04. The highest BCUT2D eigenvalue weighted by Gasteiger charge is 2.29. The number of urea groups is 1. The van der Waals surface area contributed by atoms with E-state index in [4.69, 9.17) is 0 Å². The lowest BCUT2D eigenvalue weighted by Gasteiger charge is -2.40. The minimum Gasteiger partial charge on any atom is -0.322 e. The first-order valence-electron chi connectivity index (χ1n) is 10.6. The van der Waals surface area contributed by atoms with E-state index in [0.717, 1.165) is 18.8 Å². The second-order valence-corrected chi connectivity index (χ2v) is 7.99. The van der Waals surface area contributed by atoms with E-state index in [1.165, 1.54) is 22.3 Å². The van der Waals surface area contributed by atoms with Crippen molar-refractivity contribution in [3.63, 3.8) is 0 Å². The quantitative estimate of drug-likeness (QED) is 0.651. The van der Waals surface area contributed by atoms with Gasteiger partial charge in [0, 0.05) is 31.9 Å². The van der Waals surface area contributed by atoms with E-state index >= 15 is 0 Å². The zero-order valence-electron chi connectivity index (χ0n) is 17.7. The molecule has 0 unspecified atom stereocenters. The lowest BCUT2D eigenvalue weighted by atomic mass is 9.92. The molecular weight excluding hydrogens is 370 g/mol. The van der Waals surface area contributed by atoms with Gasteiger partial charge in [0.2, 0.25) is 0 Å². The van der Waals surface area contributed by atoms with Crippen molar-refractivity contribution in [2.24, 2.45) is 0 Å². The molecule has 0 spiro atoms. The largest absolute Gasteiger partial charge is 0.322 e. The molecule has 2 amide bonds. The molecule has 1 atom stereocenters. The molecular formula is C26H29N3O. The lowest BCUT2D eigenvalue weighted by molar-refractivity contribution is 0.126. The molecule has 0 aliphatic carbocycles. The van der Waals surface area contributed by atoms with Gasteiger partial charge in [0.1, 0.15) is 0 Å². The Hall–Kier alpha value is -3.11. The molecule has 1 saturated heterocycles. The van der Waals surface area contributed by atoms with E-state index in [1.54, 1.807) is 0 Å². The minimum absolute atomic E-state index is 0.0244. The van der Waals surface area contributed by atoms with Gasteiger partial charge in [-0.2, -0.15) is 0 Å². The van der Waals surface area contributed by atoms with Crippen LogP contribution in [0.2, 0.25) is 0 Å². The SMILES string of the molecule is Cc1ccc([C@@H](c2ccccc2C)N2CCN(C(=O)Nc3ccccc3)CC2)cc1. The van der Waals surface area contributed by atoms with E-state index in [0.29, 0.717) is 13.1 Å². The normalized spacial score (nSPS) is 15.6. The van der Waals surface area contributed by atoms with Crippen LogP contribution in [0.3, 0.4) is 0 Å². The summed E-state index contributed by atoms with van der Waals surface area (Å²) in [4.78, 5) is 17.1. The third-order valence-corrected chi connectivity index (χ3v) is 5.87. The number of anilines is 1. The van der Waals surface area contributed by atoms with Crippen molar-refractivity contribution in [3.05, 3.63) is 101 Å². The van der Waals surface area contributed by atoms with Crippen molar-refractivity contribution in [1.29, 1.82) is 0 Å². The summed E-state index contributed by atoms with van der Waals surface area (Å²) in [6.45, 7) is 7.42. The molecule has 1 N–H and O–H groups in total. The first kappa shape index (κ1) is 20.2. The fourth-order valence-electron chi connectivity index (χ4n) is 4.14. The molecule has 4 heteroatoms. The number of nitrogens with zero attached hydrogens (tertiary/aromatic N) is 2. The molecule has 1 fully saturated rings. The topological polar surface area (TPSA) is 35.6 Å². The molecule has 154 valence electrons. The Bertz CT molecular complexity index is 977. The van der Waals surface area contributed by atoms with Gasteiger partial charge >= 0.3 is 6.03 Å². The Morgan fingerprint density at radius 1 is 0.800 bits per heavy atom. The highest BCUT2D eigenvalue weighted by Crippen LogP contribution is 2.32. The van der Waals surface area contributed by atoms with Crippen LogP contribution in [0.15, 0.2) is 78.9 Å². The first-order valence-corrected chi connectivity index (χ1v) is 10.6. The van der Waals surface area contributed by atoms with Crippen LogP contribution >= 0.6 is 0 Å². The van der Waals surface area contributed by atoms with Crippen molar-refractivity contribution in [2.75, 3.05) is 31.5 Å². The molecule has 1 aliphatic heterocycles. The number of hydrogen-bond donors (Lipinski definition) is 1. The molecule has 1 aliphatic rings. The zero-order valence-corrected chi connectivity index (χ0v) is 17.7. The number of aryl methyl sites for hydroxylation is 2. The second kappa shape index (κ2) is 9.14.